The number of aryl methyl sites for hydroxylation is 3. The van der Waals surface area contributed by atoms with Gasteiger partial charge < -0.3 is 4.57 Å². The first-order chi connectivity index (χ1) is 18.1. The number of sulfonamides is 1. The van der Waals surface area contributed by atoms with E-state index in [1.54, 1.807) is 37.4 Å². The lowest BCUT2D eigenvalue weighted by Crippen LogP contribution is -2.40. The molecule has 1 amide bonds. The van der Waals surface area contributed by atoms with Crippen LogP contribution in [0.3, 0.4) is 0 Å². The Kier molecular flexibility index (Phi) is 8.04. The van der Waals surface area contributed by atoms with E-state index in [0.717, 1.165) is 32.5 Å². The molecule has 7 nitrogen and oxygen atoms in total. The second-order valence-corrected chi connectivity index (χ2v) is 11.3. The summed E-state index contributed by atoms with van der Waals surface area (Å²) in [6.45, 7) is 7.13. The molecule has 0 atom stereocenters. The van der Waals surface area contributed by atoms with Gasteiger partial charge in [0, 0.05) is 27.7 Å². The summed E-state index contributed by atoms with van der Waals surface area (Å²) < 4.78 is 30.4. The van der Waals surface area contributed by atoms with Gasteiger partial charge in [-0.2, -0.15) is 5.10 Å². The molecule has 1 aromatic heterocycles. The lowest BCUT2D eigenvalue weighted by Gasteiger charge is -2.25. The standard InChI is InChI=1S/C29H29ClN4O3S/c1-20-10-14-27(15-11-20)38(36,37)33(28-17-25(30)13-12-21(28)2)19-29(35)32-31-18-24-16-22(3)34(23(24)4)26-8-6-5-7-9-26/h5-18H,19H2,1-4H3,(H,32,35)/b31-18-. The number of hydrogen-bond acceptors (Lipinski definition) is 4. The summed E-state index contributed by atoms with van der Waals surface area (Å²) in [7, 11) is -4.06. The lowest BCUT2D eigenvalue weighted by atomic mass is 10.2. The van der Waals surface area contributed by atoms with Crippen molar-refractivity contribution >= 4 is 39.4 Å². The van der Waals surface area contributed by atoms with Crippen LogP contribution < -0.4 is 9.73 Å². The normalized spacial score (nSPS) is 11.6. The molecule has 0 unspecified atom stereocenters. The molecule has 0 radical (unpaired) electrons. The fourth-order valence-corrected chi connectivity index (χ4v) is 5.86. The zero-order valence-corrected chi connectivity index (χ0v) is 23.2. The van der Waals surface area contributed by atoms with Crippen molar-refractivity contribution in [3.05, 3.63) is 112 Å². The van der Waals surface area contributed by atoms with Crippen LogP contribution in [0.4, 0.5) is 5.69 Å². The van der Waals surface area contributed by atoms with Gasteiger partial charge >= 0.3 is 0 Å². The van der Waals surface area contributed by atoms with Crippen molar-refractivity contribution < 1.29 is 13.2 Å². The number of anilines is 1. The third kappa shape index (κ3) is 5.82. The quantitative estimate of drug-likeness (QED) is 0.226. The van der Waals surface area contributed by atoms with E-state index >= 15 is 0 Å². The fourth-order valence-electron chi connectivity index (χ4n) is 4.22. The molecule has 4 rings (SSSR count). The van der Waals surface area contributed by atoms with Gasteiger partial charge in [0.25, 0.3) is 15.9 Å². The Morgan fingerprint density at radius 2 is 1.66 bits per heavy atom. The number of nitrogens with one attached hydrogen (secondary N) is 1. The summed E-state index contributed by atoms with van der Waals surface area (Å²) in [6, 6.07) is 23.3. The minimum absolute atomic E-state index is 0.0760. The Hall–Kier alpha value is -3.88. The number of aromatic nitrogens is 1. The van der Waals surface area contributed by atoms with Crippen LogP contribution in [0.5, 0.6) is 0 Å². The van der Waals surface area contributed by atoms with Gasteiger partial charge in [0.1, 0.15) is 6.54 Å². The van der Waals surface area contributed by atoms with Gasteiger partial charge in [-0.15, -0.1) is 0 Å². The molecule has 4 aromatic rings. The van der Waals surface area contributed by atoms with Gasteiger partial charge in [-0.1, -0.05) is 53.6 Å². The number of carbonyl (C=O) groups excluding carboxylic acids is 1. The first kappa shape index (κ1) is 27.2. The summed E-state index contributed by atoms with van der Waals surface area (Å²) in [5, 5.41) is 4.48. The SMILES string of the molecule is Cc1ccc(S(=O)(=O)N(CC(=O)N/N=C\c2cc(C)n(-c3ccccc3)c2C)c2cc(Cl)ccc2C)cc1. The summed E-state index contributed by atoms with van der Waals surface area (Å²) in [4.78, 5) is 13.0. The molecule has 1 N–H and O–H groups in total. The Bertz CT molecular complexity index is 1600. The second kappa shape index (κ2) is 11.2. The first-order valence-corrected chi connectivity index (χ1v) is 13.8. The number of rotatable bonds is 8. The fraction of sp³-hybridized carbons (Fsp3) is 0.172. The van der Waals surface area contributed by atoms with Gasteiger partial charge in [0.05, 0.1) is 16.8 Å². The Morgan fingerprint density at radius 3 is 2.34 bits per heavy atom. The van der Waals surface area contributed by atoms with E-state index in [1.165, 1.54) is 18.2 Å². The van der Waals surface area contributed by atoms with E-state index in [9.17, 15) is 13.2 Å². The summed E-state index contributed by atoms with van der Waals surface area (Å²) in [5.41, 5.74) is 8.23. The Balaban J connectivity index is 1.58. The van der Waals surface area contributed by atoms with Gasteiger partial charge in [-0.25, -0.2) is 13.8 Å². The predicted octanol–water partition coefficient (Wildman–Crippen LogP) is 5.71. The molecule has 0 bridgehead atoms. The van der Waals surface area contributed by atoms with Crippen molar-refractivity contribution in [2.45, 2.75) is 32.6 Å². The van der Waals surface area contributed by atoms with E-state index in [1.807, 2.05) is 57.2 Å². The first-order valence-electron chi connectivity index (χ1n) is 12.0. The van der Waals surface area contributed by atoms with Crippen molar-refractivity contribution in [3.63, 3.8) is 0 Å². The molecule has 0 saturated heterocycles. The van der Waals surface area contributed by atoms with Crippen LogP contribution >= 0.6 is 11.6 Å². The van der Waals surface area contributed by atoms with E-state index in [2.05, 4.69) is 15.1 Å². The second-order valence-electron chi connectivity index (χ2n) is 9.05. The summed E-state index contributed by atoms with van der Waals surface area (Å²) >= 11 is 6.19. The van der Waals surface area contributed by atoms with E-state index in [4.69, 9.17) is 11.6 Å². The molecule has 38 heavy (non-hydrogen) atoms. The van der Waals surface area contributed by atoms with Crippen molar-refractivity contribution in [1.82, 2.24) is 9.99 Å². The predicted molar refractivity (Wildman–Crippen MR) is 153 cm³/mol. The van der Waals surface area contributed by atoms with Crippen molar-refractivity contribution in [1.29, 1.82) is 0 Å². The molecule has 0 aliphatic heterocycles. The number of amides is 1. The smallest absolute Gasteiger partial charge is 0.264 e. The highest BCUT2D eigenvalue weighted by molar-refractivity contribution is 7.92. The third-order valence-electron chi connectivity index (χ3n) is 6.21. The number of nitrogens with zero attached hydrogens (tertiary/aromatic N) is 3. The Morgan fingerprint density at radius 1 is 0.974 bits per heavy atom. The van der Waals surface area contributed by atoms with Crippen LogP contribution in [-0.4, -0.2) is 31.7 Å². The summed E-state index contributed by atoms with van der Waals surface area (Å²) in [6.07, 6.45) is 1.56. The van der Waals surface area contributed by atoms with E-state index in [0.29, 0.717) is 16.3 Å². The monoisotopic (exact) mass is 548 g/mol. The Labute approximate surface area is 228 Å². The molecular formula is C29H29ClN4O3S. The van der Waals surface area contributed by atoms with Crippen LogP contribution in [0.15, 0.2) is 88.9 Å². The molecule has 0 aliphatic rings. The highest BCUT2D eigenvalue weighted by Crippen LogP contribution is 2.29. The lowest BCUT2D eigenvalue weighted by molar-refractivity contribution is -0.119. The molecule has 0 aliphatic carbocycles. The van der Waals surface area contributed by atoms with Crippen LogP contribution in [-0.2, 0) is 14.8 Å². The molecule has 9 heteroatoms. The van der Waals surface area contributed by atoms with Crippen molar-refractivity contribution in [2.75, 3.05) is 10.8 Å². The minimum Gasteiger partial charge on any atom is -0.318 e. The van der Waals surface area contributed by atoms with Crippen molar-refractivity contribution in [2.24, 2.45) is 5.10 Å². The maximum absolute atomic E-state index is 13.6. The zero-order valence-electron chi connectivity index (χ0n) is 21.6. The number of hydrazone groups is 1. The van der Waals surface area contributed by atoms with E-state index in [-0.39, 0.29) is 4.90 Å². The number of halogens is 1. The van der Waals surface area contributed by atoms with Crippen LogP contribution in [0.2, 0.25) is 5.02 Å². The van der Waals surface area contributed by atoms with Gasteiger partial charge in [-0.05, 0) is 75.7 Å². The molecule has 0 spiro atoms. The van der Waals surface area contributed by atoms with Crippen LogP contribution in [0.1, 0.15) is 28.1 Å². The van der Waals surface area contributed by atoms with Gasteiger partial charge in [0.2, 0.25) is 0 Å². The number of benzene rings is 3. The maximum Gasteiger partial charge on any atom is 0.264 e. The number of hydrogen-bond donors (Lipinski definition) is 1. The molecule has 196 valence electrons. The van der Waals surface area contributed by atoms with Crippen LogP contribution in [0, 0.1) is 27.7 Å². The third-order valence-corrected chi connectivity index (χ3v) is 8.22. The molecule has 1 heterocycles. The van der Waals surface area contributed by atoms with Gasteiger partial charge in [-0.3, -0.25) is 9.10 Å². The molecular weight excluding hydrogens is 520 g/mol. The van der Waals surface area contributed by atoms with Crippen molar-refractivity contribution in [3.8, 4) is 5.69 Å². The van der Waals surface area contributed by atoms with Gasteiger partial charge in [0.15, 0.2) is 0 Å². The average molecular weight is 549 g/mol. The highest BCUT2D eigenvalue weighted by Gasteiger charge is 2.28. The molecule has 0 fully saturated rings. The van der Waals surface area contributed by atoms with Crippen LogP contribution in [0.25, 0.3) is 5.69 Å². The largest absolute Gasteiger partial charge is 0.318 e. The number of carbonyl (C=O) groups is 1. The topological polar surface area (TPSA) is 83.8 Å². The zero-order chi connectivity index (χ0) is 27.4. The average Bonchev–Trinajstić information content (AvgIpc) is 3.17. The van der Waals surface area contributed by atoms with E-state index < -0.39 is 22.5 Å². The molecule has 0 saturated carbocycles. The number of para-hydroxylation sites is 1. The molecule has 3 aromatic carbocycles. The highest BCUT2D eigenvalue weighted by atomic mass is 35.5. The summed E-state index contributed by atoms with van der Waals surface area (Å²) in [5.74, 6) is -0.590. The maximum atomic E-state index is 13.6. The minimum atomic E-state index is -4.06.